The topological polar surface area (TPSA) is 113 Å². The number of rotatable bonds is 5. The summed E-state index contributed by atoms with van der Waals surface area (Å²) in [6, 6.07) is 11.4. The van der Waals surface area contributed by atoms with Crippen LogP contribution >= 0.6 is 11.6 Å². The third kappa shape index (κ3) is 3.89. The quantitative estimate of drug-likeness (QED) is 0.351. The molecule has 1 aromatic carbocycles. The lowest BCUT2D eigenvalue weighted by Crippen LogP contribution is -2.16. The number of halogens is 2. The van der Waals surface area contributed by atoms with Gasteiger partial charge in [-0.2, -0.15) is 4.39 Å². The number of primary amides is 1. The Morgan fingerprint density at radius 3 is 2.80 bits per heavy atom. The van der Waals surface area contributed by atoms with Gasteiger partial charge in [-0.05, 0) is 44.2 Å². The number of carbonyl (C=O) groups is 1. The Hall–Kier alpha value is -4.24. The highest BCUT2D eigenvalue weighted by Crippen LogP contribution is 2.32. The first-order chi connectivity index (χ1) is 16.7. The number of nitrogens with two attached hydrogens (primary N) is 1. The number of hydrogen-bond acceptors (Lipinski definition) is 6. The molecule has 10 heteroatoms. The largest absolute Gasteiger partial charge is 0.483 e. The second kappa shape index (κ2) is 8.52. The van der Waals surface area contributed by atoms with Gasteiger partial charge in [-0.1, -0.05) is 23.7 Å². The summed E-state index contributed by atoms with van der Waals surface area (Å²) >= 11 is 5.89. The predicted molar refractivity (Wildman–Crippen MR) is 128 cm³/mol. The molecule has 1 amide bonds. The Morgan fingerprint density at radius 2 is 2.03 bits per heavy atom. The van der Waals surface area contributed by atoms with E-state index in [0.29, 0.717) is 39.1 Å². The highest BCUT2D eigenvalue weighted by molar-refractivity contribution is 6.29. The number of fused-ring (bicyclic) bond motifs is 2. The van der Waals surface area contributed by atoms with E-state index in [4.69, 9.17) is 26.5 Å². The van der Waals surface area contributed by atoms with Gasteiger partial charge in [0.1, 0.15) is 28.2 Å². The zero-order valence-electron chi connectivity index (χ0n) is 18.6. The van der Waals surface area contributed by atoms with Crippen LogP contribution in [0.15, 0.2) is 64.1 Å². The molecule has 8 nitrogen and oxygen atoms in total. The Bertz CT molecular complexity index is 1700. The van der Waals surface area contributed by atoms with Crippen LogP contribution in [0.2, 0.25) is 5.15 Å². The minimum atomic E-state index is -0.792. The molecule has 35 heavy (non-hydrogen) atoms. The molecule has 5 aromatic rings. The lowest BCUT2D eigenvalue weighted by Gasteiger charge is -2.18. The molecule has 2 N–H and O–H groups in total. The van der Waals surface area contributed by atoms with Crippen molar-refractivity contribution in [3.05, 3.63) is 93.0 Å². The third-order valence-corrected chi connectivity index (χ3v) is 5.91. The van der Waals surface area contributed by atoms with Gasteiger partial charge in [0.05, 0.1) is 11.6 Å². The summed E-state index contributed by atoms with van der Waals surface area (Å²) < 4.78 is 27.6. The molecule has 176 valence electrons. The first kappa shape index (κ1) is 22.5. The van der Waals surface area contributed by atoms with Crippen molar-refractivity contribution >= 4 is 34.1 Å². The van der Waals surface area contributed by atoms with Gasteiger partial charge in [0.15, 0.2) is 16.9 Å². The predicted octanol–water partition coefficient (Wildman–Crippen LogP) is 4.84. The minimum absolute atomic E-state index is 0.0985. The summed E-state index contributed by atoms with van der Waals surface area (Å²) in [5, 5.41) is 0.458. The molecule has 0 bridgehead atoms. The molecule has 1 atom stereocenters. The third-order valence-electron chi connectivity index (χ3n) is 5.70. The number of nitrogens with zero attached hydrogens (tertiary/aromatic N) is 3. The number of imidazole rings is 1. The first-order valence-electron chi connectivity index (χ1n) is 10.6. The maximum absolute atomic E-state index is 14.1. The average Bonchev–Trinajstić information content (AvgIpc) is 3.21. The van der Waals surface area contributed by atoms with Gasteiger partial charge in [0.25, 0.3) is 5.91 Å². The van der Waals surface area contributed by atoms with Crippen LogP contribution in [0, 0.1) is 12.9 Å². The van der Waals surface area contributed by atoms with Crippen LogP contribution in [0.1, 0.15) is 34.6 Å². The Kier molecular flexibility index (Phi) is 5.49. The van der Waals surface area contributed by atoms with Crippen molar-refractivity contribution in [3.63, 3.8) is 0 Å². The fourth-order valence-corrected chi connectivity index (χ4v) is 4.11. The average molecular weight is 493 g/mol. The highest BCUT2D eigenvalue weighted by Gasteiger charge is 2.21. The maximum atomic E-state index is 14.1. The molecule has 0 aliphatic heterocycles. The molecular weight excluding hydrogens is 475 g/mol. The second-order valence-electron chi connectivity index (χ2n) is 7.94. The van der Waals surface area contributed by atoms with Crippen LogP contribution in [0.3, 0.4) is 0 Å². The summed E-state index contributed by atoms with van der Waals surface area (Å²) in [6.07, 6.45) is 1.98. The van der Waals surface area contributed by atoms with Crippen LogP contribution in [-0.2, 0) is 0 Å². The zero-order valence-corrected chi connectivity index (χ0v) is 19.3. The number of ether oxygens (including phenoxy) is 1. The van der Waals surface area contributed by atoms with E-state index in [1.54, 1.807) is 44.2 Å². The fraction of sp³-hybridized carbons (Fsp3) is 0.120. The Balaban J connectivity index is 1.65. The van der Waals surface area contributed by atoms with E-state index in [0.717, 1.165) is 6.20 Å². The van der Waals surface area contributed by atoms with E-state index >= 15 is 0 Å². The Morgan fingerprint density at radius 1 is 1.23 bits per heavy atom. The van der Waals surface area contributed by atoms with Gasteiger partial charge in [-0.25, -0.2) is 9.97 Å². The number of hydrogen-bond donors (Lipinski definition) is 1. The fourth-order valence-electron chi connectivity index (χ4n) is 3.96. The molecule has 0 saturated carbocycles. The smallest absolute Gasteiger partial charge is 0.271 e. The van der Waals surface area contributed by atoms with Gasteiger partial charge in [0.2, 0.25) is 5.95 Å². The molecule has 0 spiro atoms. The molecular formula is C25H18ClFN4O4. The maximum Gasteiger partial charge on any atom is 0.271 e. The summed E-state index contributed by atoms with van der Waals surface area (Å²) in [6.45, 7) is 3.39. The van der Waals surface area contributed by atoms with Crippen molar-refractivity contribution in [3.8, 4) is 17.1 Å². The standard InChI is InChI=1S/C25H18ClFN4O4/c1-12-22(32)16-5-3-4-15(13(2)34-17-7-8-18(26)30-21(17)25(28)33)24(16)35-23(12)14-6-9-20-29-10-19(27)31(20)11-14/h3-11,13H,1-2H3,(H2,28,33)/t13-/m1/s1. The van der Waals surface area contributed by atoms with Crippen LogP contribution in [0.4, 0.5) is 4.39 Å². The molecule has 5 rings (SSSR count). The van der Waals surface area contributed by atoms with E-state index in [1.165, 1.54) is 22.7 Å². The SMILES string of the molecule is Cc1c(-c2ccc3ncc(F)n3c2)oc2c([C@@H](C)Oc3ccc(Cl)nc3C(N)=O)cccc2c1=O. The summed E-state index contributed by atoms with van der Waals surface area (Å²) in [7, 11) is 0. The summed E-state index contributed by atoms with van der Waals surface area (Å²) in [4.78, 5) is 33.0. The molecule has 0 fully saturated rings. The summed E-state index contributed by atoms with van der Waals surface area (Å²) in [5.41, 5.74) is 7.25. The van der Waals surface area contributed by atoms with Gasteiger partial charge < -0.3 is 14.9 Å². The molecule has 0 aliphatic rings. The van der Waals surface area contributed by atoms with Crippen LogP contribution in [0.5, 0.6) is 5.75 Å². The van der Waals surface area contributed by atoms with Crippen LogP contribution in [-0.4, -0.2) is 20.3 Å². The van der Waals surface area contributed by atoms with E-state index in [9.17, 15) is 14.0 Å². The molecule has 0 saturated heterocycles. The number of aromatic nitrogens is 3. The van der Waals surface area contributed by atoms with Crippen molar-refractivity contribution < 1.29 is 18.3 Å². The lowest BCUT2D eigenvalue weighted by atomic mass is 10.0. The van der Waals surface area contributed by atoms with E-state index in [2.05, 4.69) is 9.97 Å². The van der Waals surface area contributed by atoms with Crippen molar-refractivity contribution in [1.82, 2.24) is 14.4 Å². The zero-order chi connectivity index (χ0) is 24.9. The number of carbonyl (C=O) groups excluding carboxylic acids is 1. The lowest BCUT2D eigenvalue weighted by molar-refractivity contribution is 0.0988. The summed E-state index contributed by atoms with van der Waals surface area (Å²) in [5.74, 6) is -0.892. The van der Waals surface area contributed by atoms with Gasteiger partial charge in [-0.15, -0.1) is 0 Å². The second-order valence-corrected chi connectivity index (χ2v) is 8.33. The van der Waals surface area contributed by atoms with Crippen molar-refractivity contribution in [2.75, 3.05) is 0 Å². The van der Waals surface area contributed by atoms with E-state index in [-0.39, 0.29) is 22.0 Å². The van der Waals surface area contributed by atoms with Gasteiger partial charge >= 0.3 is 0 Å². The highest BCUT2D eigenvalue weighted by atomic mass is 35.5. The monoisotopic (exact) mass is 492 g/mol. The Labute approximate surface area is 202 Å². The normalized spacial score (nSPS) is 12.2. The number of benzene rings is 1. The molecule has 0 unspecified atom stereocenters. The molecule has 0 aliphatic carbocycles. The van der Waals surface area contributed by atoms with E-state index < -0.39 is 18.0 Å². The molecule has 0 radical (unpaired) electrons. The van der Waals surface area contributed by atoms with Crippen molar-refractivity contribution in [2.45, 2.75) is 20.0 Å². The molecule has 4 aromatic heterocycles. The van der Waals surface area contributed by atoms with Gasteiger partial charge in [0, 0.05) is 22.9 Å². The van der Waals surface area contributed by atoms with Crippen LogP contribution < -0.4 is 15.9 Å². The molecule has 4 heterocycles. The number of pyridine rings is 2. The first-order valence-corrected chi connectivity index (χ1v) is 10.9. The van der Waals surface area contributed by atoms with Crippen molar-refractivity contribution in [2.24, 2.45) is 5.73 Å². The van der Waals surface area contributed by atoms with Crippen LogP contribution in [0.25, 0.3) is 27.9 Å². The van der Waals surface area contributed by atoms with Crippen molar-refractivity contribution in [1.29, 1.82) is 0 Å². The number of para-hydroxylation sites is 1. The van der Waals surface area contributed by atoms with E-state index in [1.807, 2.05) is 0 Å². The number of amides is 1. The van der Waals surface area contributed by atoms with Gasteiger partial charge in [-0.3, -0.25) is 14.0 Å². The minimum Gasteiger partial charge on any atom is -0.483 e.